The van der Waals surface area contributed by atoms with E-state index in [4.69, 9.17) is 0 Å². The Morgan fingerprint density at radius 3 is 2.84 bits per heavy atom. The molecular formula is C11H13F2N5O. The molecule has 2 aromatic heterocycles. The number of hydroxylamine groups is 2. The van der Waals surface area contributed by atoms with Crippen LogP contribution in [0.1, 0.15) is 24.9 Å². The Morgan fingerprint density at radius 1 is 1.42 bits per heavy atom. The lowest BCUT2D eigenvalue weighted by Gasteiger charge is -2.09. The minimum atomic E-state index is -2.65. The Balaban J connectivity index is 2.03. The zero-order chi connectivity index (χ0) is 13.6. The van der Waals surface area contributed by atoms with Gasteiger partial charge in [-0.3, -0.25) is 0 Å². The molecule has 3 rings (SSSR count). The lowest BCUT2D eigenvalue weighted by Crippen LogP contribution is -2.13. The lowest BCUT2D eigenvalue weighted by atomic mass is 10.4. The molecule has 0 bridgehead atoms. The van der Waals surface area contributed by atoms with E-state index in [1.807, 2.05) is 11.5 Å². The standard InChI is InChI=1S/C11H13F2N5O/c1-2-17-9-6-16(19)5-8(9)14-10(17)7-3-4-18(15-7)11(12)13/h3-4,11,19H,2,5-6H2,1H3. The molecule has 0 radical (unpaired) electrons. The molecule has 0 fully saturated rings. The summed E-state index contributed by atoms with van der Waals surface area (Å²) in [6.45, 7) is 0.679. The highest BCUT2D eigenvalue weighted by Crippen LogP contribution is 2.27. The Labute approximate surface area is 107 Å². The van der Waals surface area contributed by atoms with Gasteiger partial charge in [-0.1, -0.05) is 0 Å². The molecule has 1 aliphatic heterocycles. The number of alkyl halides is 2. The number of rotatable bonds is 3. The van der Waals surface area contributed by atoms with Crippen LogP contribution in [0.5, 0.6) is 0 Å². The van der Waals surface area contributed by atoms with E-state index >= 15 is 0 Å². The van der Waals surface area contributed by atoms with Crippen LogP contribution < -0.4 is 0 Å². The van der Waals surface area contributed by atoms with Crippen molar-refractivity contribution in [1.82, 2.24) is 24.4 Å². The third-order valence-electron chi connectivity index (χ3n) is 3.17. The first kappa shape index (κ1) is 12.2. The molecular weight excluding hydrogens is 256 g/mol. The average Bonchev–Trinajstić information content (AvgIpc) is 3.00. The first-order valence-electron chi connectivity index (χ1n) is 5.96. The van der Waals surface area contributed by atoms with Crippen LogP contribution in [0.25, 0.3) is 11.5 Å². The fourth-order valence-electron chi connectivity index (χ4n) is 2.34. The van der Waals surface area contributed by atoms with Gasteiger partial charge < -0.3 is 9.77 Å². The number of halogens is 2. The maximum Gasteiger partial charge on any atom is 0.333 e. The van der Waals surface area contributed by atoms with Crippen LogP contribution in [0.3, 0.4) is 0 Å². The van der Waals surface area contributed by atoms with Crippen molar-refractivity contribution < 1.29 is 14.0 Å². The van der Waals surface area contributed by atoms with Crippen LogP contribution in [0.2, 0.25) is 0 Å². The molecule has 0 aliphatic carbocycles. The van der Waals surface area contributed by atoms with E-state index in [0.717, 1.165) is 11.4 Å². The van der Waals surface area contributed by atoms with Gasteiger partial charge in [-0.25, -0.2) is 9.67 Å². The molecule has 0 atom stereocenters. The second-order valence-electron chi connectivity index (χ2n) is 4.35. The summed E-state index contributed by atoms with van der Waals surface area (Å²) in [5.41, 5.74) is 2.10. The quantitative estimate of drug-likeness (QED) is 0.924. The Hall–Kier alpha value is -1.80. The summed E-state index contributed by atoms with van der Waals surface area (Å²) in [7, 11) is 0. The Morgan fingerprint density at radius 2 is 2.21 bits per heavy atom. The van der Waals surface area contributed by atoms with Gasteiger partial charge in [-0.2, -0.15) is 18.9 Å². The molecule has 0 spiro atoms. The molecule has 0 aromatic carbocycles. The largest absolute Gasteiger partial charge is 0.333 e. The summed E-state index contributed by atoms with van der Waals surface area (Å²) >= 11 is 0. The van der Waals surface area contributed by atoms with Crippen molar-refractivity contribution in [3.63, 3.8) is 0 Å². The highest BCUT2D eigenvalue weighted by molar-refractivity contribution is 5.51. The van der Waals surface area contributed by atoms with Gasteiger partial charge in [-0.05, 0) is 13.0 Å². The molecule has 1 aliphatic rings. The van der Waals surface area contributed by atoms with E-state index in [1.54, 1.807) is 0 Å². The number of fused-ring (bicyclic) bond motifs is 1. The highest BCUT2D eigenvalue weighted by atomic mass is 19.3. The van der Waals surface area contributed by atoms with Crippen LogP contribution >= 0.6 is 0 Å². The number of aromatic nitrogens is 4. The van der Waals surface area contributed by atoms with E-state index in [-0.39, 0.29) is 0 Å². The average molecular weight is 269 g/mol. The van der Waals surface area contributed by atoms with Crippen LogP contribution in [-0.4, -0.2) is 29.6 Å². The van der Waals surface area contributed by atoms with Crippen molar-refractivity contribution in [2.24, 2.45) is 0 Å². The fraction of sp³-hybridized carbons (Fsp3) is 0.455. The number of imidazole rings is 1. The van der Waals surface area contributed by atoms with Crippen molar-refractivity contribution in [2.45, 2.75) is 33.1 Å². The fourth-order valence-corrected chi connectivity index (χ4v) is 2.34. The minimum Gasteiger partial charge on any atom is -0.325 e. The Bertz CT molecular complexity index is 606. The van der Waals surface area contributed by atoms with Gasteiger partial charge in [0.05, 0.1) is 24.5 Å². The van der Waals surface area contributed by atoms with E-state index in [1.165, 1.54) is 17.3 Å². The molecule has 2 aromatic rings. The maximum absolute atomic E-state index is 12.5. The molecule has 19 heavy (non-hydrogen) atoms. The summed E-state index contributed by atoms with van der Waals surface area (Å²) in [4.78, 5) is 4.40. The second kappa shape index (κ2) is 4.39. The molecule has 1 N–H and O–H groups in total. The number of hydrogen-bond donors (Lipinski definition) is 1. The van der Waals surface area contributed by atoms with E-state index < -0.39 is 6.55 Å². The second-order valence-corrected chi connectivity index (χ2v) is 4.35. The van der Waals surface area contributed by atoms with Gasteiger partial charge >= 0.3 is 6.55 Å². The van der Waals surface area contributed by atoms with Crippen molar-refractivity contribution in [1.29, 1.82) is 0 Å². The normalized spacial score (nSPS) is 15.4. The third kappa shape index (κ3) is 1.92. The first-order chi connectivity index (χ1) is 9.10. The van der Waals surface area contributed by atoms with Gasteiger partial charge in [0.2, 0.25) is 0 Å². The summed E-state index contributed by atoms with van der Waals surface area (Å²) in [5, 5.41) is 14.5. The van der Waals surface area contributed by atoms with Crippen molar-refractivity contribution in [3.05, 3.63) is 23.7 Å². The lowest BCUT2D eigenvalue weighted by molar-refractivity contribution is -0.0985. The van der Waals surface area contributed by atoms with Crippen LogP contribution in [0, 0.1) is 0 Å². The molecule has 0 amide bonds. The van der Waals surface area contributed by atoms with Crippen LogP contribution in [0.15, 0.2) is 12.3 Å². The molecule has 102 valence electrons. The molecule has 0 saturated carbocycles. The Kier molecular flexibility index (Phi) is 2.83. The molecule has 8 heteroatoms. The third-order valence-corrected chi connectivity index (χ3v) is 3.17. The van der Waals surface area contributed by atoms with Crippen LogP contribution in [-0.2, 0) is 19.6 Å². The molecule has 3 heterocycles. The predicted octanol–water partition coefficient (Wildman–Crippen LogP) is 1.87. The zero-order valence-electron chi connectivity index (χ0n) is 10.3. The van der Waals surface area contributed by atoms with Gasteiger partial charge in [0.25, 0.3) is 0 Å². The first-order valence-corrected chi connectivity index (χ1v) is 5.96. The maximum atomic E-state index is 12.5. The monoisotopic (exact) mass is 269 g/mol. The molecule has 6 nitrogen and oxygen atoms in total. The van der Waals surface area contributed by atoms with Gasteiger partial charge in [0.1, 0.15) is 5.69 Å². The van der Waals surface area contributed by atoms with Crippen LogP contribution in [0.4, 0.5) is 8.78 Å². The topological polar surface area (TPSA) is 59.1 Å². The smallest absolute Gasteiger partial charge is 0.325 e. The number of nitrogens with zero attached hydrogens (tertiary/aromatic N) is 5. The van der Waals surface area contributed by atoms with Gasteiger partial charge in [0.15, 0.2) is 5.82 Å². The zero-order valence-corrected chi connectivity index (χ0v) is 10.3. The van der Waals surface area contributed by atoms with E-state index in [9.17, 15) is 14.0 Å². The SMILES string of the molecule is CCn1c(-c2ccn(C(F)F)n2)nc2c1CN(O)C2. The summed E-state index contributed by atoms with van der Waals surface area (Å²) in [5.74, 6) is 0.569. The van der Waals surface area contributed by atoms with Crippen molar-refractivity contribution in [2.75, 3.05) is 0 Å². The van der Waals surface area contributed by atoms with Crippen molar-refractivity contribution in [3.8, 4) is 11.5 Å². The summed E-state index contributed by atoms with van der Waals surface area (Å²) in [6, 6.07) is 1.52. The van der Waals surface area contributed by atoms with Crippen molar-refractivity contribution >= 4 is 0 Å². The van der Waals surface area contributed by atoms with Gasteiger partial charge in [-0.15, -0.1) is 0 Å². The highest BCUT2D eigenvalue weighted by Gasteiger charge is 2.26. The minimum absolute atomic E-state index is 0.352. The molecule has 0 unspecified atom stereocenters. The summed E-state index contributed by atoms with van der Waals surface area (Å²) in [6.07, 6.45) is 1.23. The number of hydrogen-bond acceptors (Lipinski definition) is 4. The molecule has 0 saturated heterocycles. The summed E-state index contributed by atoms with van der Waals surface area (Å²) < 4.78 is 27.5. The van der Waals surface area contributed by atoms with Gasteiger partial charge in [0, 0.05) is 12.7 Å². The predicted molar refractivity (Wildman–Crippen MR) is 61.4 cm³/mol. The van der Waals surface area contributed by atoms with E-state index in [0.29, 0.717) is 35.8 Å². The van der Waals surface area contributed by atoms with E-state index in [2.05, 4.69) is 10.1 Å².